The maximum atomic E-state index is 12.9. The van der Waals surface area contributed by atoms with Crippen molar-refractivity contribution in [3.05, 3.63) is 53.6 Å². The Morgan fingerprint density at radius 1 is 1.19 bits per heavy atom. The number of aliphatic hydroxyl groups is 1. The highest BCUT2D eigenvalue weighted by Gasteiger charge is 2.52. The number of hydrogen-bond donors (Lipinski definition) is 4. The van der Waals surface area contributed by atoms with Crippen LogP contribution in [0.2, 0.25) is 0 Å². The number of fused-ring (bicyclic) bond motifs is 1. The second kappa shape index (κ2) is 8.89. The van der Waals surface area contributed by atoms with Gasteiger partial charge < -0.3 is 25.2 Å². The second-order valence-corrected chi connectivity index (χ2v) is 9.11. The molecule has 0 radical (unpaired) electrons. The summed E-state index contributed by atoms with van der Waals surface area (Å²) in [7, 11) is 1.54. The van der Waals surface area contributed by atoms with Crippen LogP contribution in [0.4, 0.5) is 5.69 Å². The molecule has 2 aliphatic rings. The summed E-state index contributed by atoms with van der Waals surface area (Å²) in [5.41, 5.74) is 2.25. The van der Waals surface area contributed by atoms with E-state index in [0.717, 1.165) is 53.9 Å². The lowest BCUT2D eigenvalue weighted by molar-refractivity contribution is -0.937. The Kier molecular flexibility index (Phi) is 6.21. The number of methoxy groups -OCH3 is 1. The smallest absolute Gasteiger partial charge is 0.279 e. The molecule has 2 fully saturated rings. The van der Waals surface area contributed by atoms with Gasteiger partial charge in [-0.05, 0) is 50.1 Å². The van der Waals surface area contributed by atoms with Gasteiger partial charge in [0.1, 0.15) is 6.04 Å². The molecule has 1 unspecified atom stereocenters. The predicted molar refractivity (Wildman–Crippen MR) is 119 cm³/mol. The van der Waals surface area contributed by atoms with E-state index in [2.05, 4.69) is 5.32 Å². The van der Waals surface area contributed by atoms with Crippen LogP contribution in [0.5, 0.6) is 11.5 Å². The summed E-state index contributed by atoms with van der Waals surface area (Å²) in [6.07, 6.45) is 4.58. The van der Waals surface area contributed by atoms with E-state index in [1.165, 1.54) is 7.11 Å². The van der Waals surface area contributed by atoms with Crippen LogP contribution in [-0.2, 0) is 4.79 Å². The number of carbonyl (C=O) groups is 1. The zero-order valence-corrected chi connectivity index (χ0v) is 18.4. The molecule has 1 aliphatic heterocycles. The molecule has 166 valence electrons. The first-order chi connectivity index (χ1) is 14.9. The molecule has 6 nitrogen and oxygen atoms in total. The molecule has 2 aromatic carbocycles. The minimum absolute atomic E-state index is 0.0303. The Labute approximate surface area is 183 Å². The number of piperidine rings is 1. The van der Waals surface area contributed by atoms with E-state index in [1.54, 1.807) is 6.07 Å². The van der Waals surface area contributed by atoms with E-state index in [9.17, 15) is 15.0 Å². The molecule has 4 atom stereocenters. The molecule has 1 heterocycles. The zero-order chi connectivity index (χ0) is 22.0. The number of aryl methyl sites for hydroxylation is 1. The molecule has 4 N–H and O–H groups in total. The van der Waals surface area contributed by atoms with Crippen LogP contribution < -0.4 is 15.0 Å². The molecule has 0 aromatic heterocycles. The molecule has 4 rings (SSSR count). The van der Waals surface area contributed by atoms with Crippen molar-refractivity contribution >= 4 is 11.6 Å². The van der Waals surface area contributed by atoms with Gasteiger partial charge >= 0.3 is 0 Å². The Morgan fingerprint density at radius 2 is 1.97 bits per heavy atom. The van der Waals surface area contributed by atoms with Crippen molar-refractivity contribution in [2.24, 2.45) is 5.92 Å². The summed E-state index contributed by atoms with van der Waals surface area (Å²) >= 11 is 0. The third kappa shape index (κ3) is 4.55. The Bertz CT molecular complexity index is 930. The first-order valence-electron chi connectivity index (χ1n) is 11.2. The number of benzene rings is 2. The number of quaternary nitrogens is 1. The average molecular weight is 426 g/mol. The number of amides is 1. The Balaban J connectivity index is 1.60. The van der Waals surface area contributed by atoms with Crippen LogP contribution in [0, 0.1) is 12.8 Å². The van der Waals surface area contributed by atoms with Crippen LogP contribution in [-0.4, -0.2) is 41.9 Å². The molecule has 1 saturated heterocycles. The topological polar surface area (TPSA) is 83.2 Å². The summed E-state index contributed by atoms with van der Waals surface area (Å²) in [5.74, 6) is 0.563. The normalized spacial score (nSPS) is 27.9. The van der Waals surface area contributed by atoms with Crippen molar-refractivity contribution in [1.29, 1.82) is 0 Å². The highest BCUT2D eigenvalue weighted by atomic mass is 16.5. The number of aromatic hydroxyl groups is 1. The molecule has 2 aromatic rings. The molecule has 1 amide bonds. The molecule has 1 aliphatic carbocycles. The van der Waals surface area contributed by atoms with E-state index >= 15 is 0 Å². The fraction of sp³-hybridized carbons (Fsp3) is 0.480. The number of carbonyl (C=O) groups excluding carboxylic acids is 1. The van der Waals surface area contributed by atoms with Crippen LogP contribution in [0.1, 0.15) is 49.3 Å². The van der Waals surface area contributed by atoms with Crippen LogP contribution in [0.25, 0.3) is 0 Å². The first-order valence-corrected chi connectivity index (χ1v) is 11.2. The van der Waals surface area contributed by atoms with E-state index in [0.29, 0.717) is 18.7 Å². The molecule has 0 spiro atoms. The van der Waals surface area contributed by atoms with Crippen molar-refractivity contribution in [2.75, 3.05) is 25.5 Å². The highest BCUT2D eigenvalue weighted by Crippen LogP contribution is 2.45. The Hall–Kier alpha value is -2.57. The third-order valence-electron chi connectivity index (χ3n) is 7.07. The number of rotatable bonds is 5. The fourth-order valence-electron chi connectivity index (χ4n) is 5.46. The van der Waals surface area contributed by atoms with Gasteiger partial charge in [-0.2, -0.15) is 0 Å². The minimum Gasteiger partial charge on any atom is -0.504 e. The quantitative estimate of drug-likeness (QED) is 0.594. The number of likely N-dealkylation sites (tertiary alicyclic amines) is 1. The average Bonchev–Trinajstić information content (AvgIpc) is 2.76. The molecule has 1 saturated carbocycles. The third-order valence-corrected chi connectivity index (χ3v) is 7.07. The van der Waals surface area contributed by atoms with Gasteiger partial charge in [0.2, 0.25) is 0 Å². The van der Waals surface area contributed by atoms with E-state index in [4.69, 9.17) is 4.74 Å². The van der Waals surface area contributed by atoms with Crippen LogP contribution >= 0.6 is 0 Å². The van der Waals surface area contributed by atoms with Crippen molar-refractivity contribution in [1.82, 2.24) is 0 Å². The lowest BCUT2D eigenvalue weighted by atomic mass is 9.66. The molecule has 0 bridgehead atoms. The maximum Gasteiger partial charge on any atom is 0.279 e. The number of anilines is 1. The van der Waals surface area contributed by atoms with E-state index in [1.807, 2.05) is 43.3 Å². The zero-order valence-electron chi connectivity index (χ0n) is 18.4. The number of phenolic OH excluding ortho intramolecular Hbond substituents is 1. The van der Waals surface area contributed by atoms with Gasteiger partial charge in [0, 0.05) is 23.6 Å². The van der Waals surface area contributed by atoms with Crippen molar-refractivity contribution in [3.8, 4) is 11.5 Å². The molecule has 31 heavy (non-hydrogen) atoms. The second-order valence-electron chi connectivity index (χ2n) is 9.11. The van der Waals surface area contributed by atoms with Crippen LogP contribution in [0.15, 0.2) is 42.5 Å². The van der Waals surface area contributed by atoms with Crippen molar-refractivity contribution in [2.45, 2.75) is 50.7 Å². The monoisotopic (exact) mass is 425 g/mol. The minimum atomic E-state index is -0.690. The Morgan fingerprint density at radius 3 is 2.71 bits per heavy atom. The maximum absolute atomic E-state index is 12.9. The summed E-state index contributed by atoms with van der Waals surface area (Å²) in [6, 6.07) is 13.2. The highest BCUT2D eigenvalue weighted by molar-refractivity contribution is 5.91. The predicted octanol–water partition coefficient (Wildman–Crippen LogP) is 2.60. The summed E-state index contributed by atoms with van der Waals surface area (Å²) in [5, 5.41) is 24.5. The largest absolute Gasteiger partial charge is 0.504 e. The fourth-order valence-corrected chi connectivity index (χ4v) is 5.46. The molecular formula is C25H33N2O4+. The number of phenols is 1. The number of ether oxygens (including phenoxy) is 1. The van der Waals surface area contributed by atoms with Gasteiger partial charge in [-0.3, -0.25) is 4.79 Å². The van der Waals surface area contributed by atoms with Gasteiger partial charge in [-0.15, -0.1) is 0 Å². The lowest BCUT2D eigenvalue weighted by Gasteiger charge is -2.50. The molecular weight excluding hydrogens is 392 g/mol. The number of nitrogens with one attached hydrogen (secondary N) is 2. The lowest BCUT2D eigenvalue weighted by Crippen LogP contribution is -3.16. The van der Waals surface area contributed by atoms with Gasteiger partial charge in [0.15, 0.2) is 18.0 Å². The SMILES string of the molecule is COc1cc([C@H]2[C@@H]3CCCC[C@]3(O)CC[NH+]2CC(=O)Nc2ccc(C)cc2)ccc1O. The summed E-state index contributed by atoms with van der Waals surface area (Å²) < 4.78 is 5.34. The first kappa shape index (κ1) is 21.7. The van der Waals surface area contributed by atoms with Gasteiger partial charge in [-0.1, -0.05) is 30.5 Å². The van der Waals surface area contributed by atoms with E-state index < -0.39 is 5.60 Å². The van der Waals surface area contributed by atoms with Crippen LogP contribution in [0.3, 0.4) is 0 Å². The summed E-state index contributed by atoms with van der Waals surface area (Å²) in [6.45, 7) is 3.07. The number of hydrogen-bond acceptors (Lipinski definition) is 4. The molecule has 6 heteroatoms. The summed E-state index contributed by atoms with van der Waals surface area (Å²) in [4.78, 5) is 14.0. The van der Waals surface area contributed by atoms with Crippen molar-refractivity contribution < 1.29 is 24.6 Å². The standard InChI is InChI=1S/C25H32N2O4/c1-17-6-9-19(10-7-17)26-23(29)16-27-14-13-25(30)12-4-3-5-20(25)24(27)18-8-11-21(28)22(15-18)31-2/h6-11,15,20,24,28,30H,3-5,12-14,16H2,1-2H3,(H,26,29)/p+1/t20-,24-,25-/m0/s1. The van der Waals surface area contributed by atoms with E-state index in [-0.39, 0.29) is 23.6 Å². The van der Waals surface area contributed by atoms with Gasteiger partial charge in [-0.25, -0.2) is 0 Å². The van der Waals surface area contributed by atoms with Crippen molar-refractivity contribution in [3.63, 3.8) is 0 Å². The van der Waals surface area contributed by atoms with Gasteiger partial charge in [0.25, 0.3) is 5.91 Å². The van der Waals surface area contributed by atoms with Gasteiger partial charge in [0.05, 0.1) is 19.3 Å².